The van der Waals surface area contributed by atoms with Crippen molar-refractivity contribution in [3.8, 4) is 0 Å². The standard InChI is InChI=1S/C15H29N3/c16-15(14-3-1-2-4-14)12-18-9-7-17(8-10-18)11-13-5-6-13/h13-15H,1-12,16H2. The van der Waals surface area contributed by atoms with E-state index in [0.717, 1.165) is 18.4 Å². The number of nitrogens with two attached hydrogens (primary N) is 1. The fourth-order valence-corrected chi connectivity index (χ4v) is 3.65. The molecule has 1 heterocycles. The highest BCUT2D eigenvalue weighted by Gasteiger charge is 2.28. The van der Waals surface area contributed by atoms with E-state index in [2.05, 4.69) is 9.80 Å². The molecule has 3 heteroatoms. The van der Waals surface area contributed by atoms with Gasteiger partial charge in [0.15, 0.2) is 0 Å². The van der Waals surface area contributed by atoms with Gasteiger partial charge in [0.05, 0.1) is 0 Å². The minimum absolute atomic E-state index is 0.433. The zero-order valence-corrected chi connectivity index (χ0v) is 11.7. The summed E-state index contributed by atoms with van der Waals surface area (Å²) in [5.41, 5.74) is 6.38. The van der Waals surface area contributed by atoms with Crippen LogP contribution in [0.15, 0.2) is 0 Å². The van der Waals surface area contributed by atoms with Gasteiger partial charge in [-0.3, -0.25) is 4.90 Å². The lowest BCUT2D eigenvalue weighted by molar-refractivity contribution is 0.117. The van der Waals surface area contributed by atoms with Crippen LogP contribution < -0.4 is 5.73 Å². The molecule has 1 saturated heterocycles. The number of rotatable bonds is 5. The molecule has 2 saturated carbocycles. The Morgan fingerprint density at radius 2 is 1.50 bits per heavy atom. The highest BCUT2D eigenvalue weighted by Crippen LogP contribution is 2.30. The highest BCUT2D eigenvalue weighted by molar-refractivity contribution is 4.84. The molecule has 2 aliphatic carbocycles. The summed E-state index contributed by atoms with van der Waals surface area (Å²) in [5.74, 6) is 1.85. The molecule has 3 aliphatic rings. The normalized spacial score (nSPS) is 29.8. The molecule has 0 spiro atoms. The molecular weight excluding hydrogens is 222 g/mol. The Kier molecular flexibility index (Phi) is 4.22. The van der Waals surface area contributed by atoms with Gasteiger partial charge in [-0.15, -0.1) is 0 Å². The van der Waals surface area contributed by atoms with Crippen LogP contribution in [-0.2, 0) is 0 Å². The van der Waals surface area contributed by atoms with Crippen LogP contribution in [0.1, 0.15) is 38.5 Å². The fraction of sp³-hybridized carbons (Fsp3) is 1.00. The molecule has 0 aromatic rings. The summed E-state index contributed by atoms with van der Waals surface area (Å²) in [5, 5.41) is 0. The number of hydrogen-bond donors (Lipinski definition) is 1. The lowest BCUT2D eigenvalue weighted by Gasteiger charge is -2.36. The molecule has 0 bridgehead atoms. The van der Waals surface area contributed by atoms with E-state index in [1.807, 2.05) is 0 Å². The van der Waals surface area contributed by atoms with E-state index in [9.17, 15) is 0 Å². The zero-order chi connectivity index (χ0) is 12.4. The van der Waals surface area contributed by atoms with Gasteiger partial charge in [0.25, 0.3) is 0 Å². The van der Waals surface area contributed by atoms with Gasteiger partial charge in [0, 0.05) is 45.3 Å². The molecule has 3 rings (SSSR count). The van der Waals surface area contributed by atoms with Crippen LogP contribution >= 0.6 is 0 Å². The van der Waals surface area contributed by atoms with Crippen molar-refractivity contribution >= 4 is 0 Å². The maximum absolute atomic E-state index is 6.38. The Bertz CT molecular complexity index is 250. The molecule has 0 aromatic carbocycles. The Balaban J connectivity index is 1.36. The second-order valence-corrected chi connectivity index (χ2v) is 6.75. The largest absolute Gasteiger partial charge is 0.326 e. The topological polar surface area (TPSA) is 32.5 Å². The third kappa shape index (κ3) is 3.46. The maximum Gasteiger partial charge on any atom is 0.0196 e. The molecular formula is C15H29N3. The van der Waals surface area contributed by atoms with Crippen molar-refractivity contribution < 1.29 is 0 Å². The zero-order valence-electron chi connectivity index (χ0n) is 11.7. The lowest BCUT2D eigenvalue weighted by Crippen LogP contribution is -2.51. The summed E-state index contributed by atoms with van der Waals surface area (Å²) in [6.07, 6.45) is 8.53. The summed E-state index contributed by atoms with van der Waals surface area (Å²) in [4.78, 5) is 5.27. The first-order valence-electron chi connectivity index (χ1n) is 8.01. The van der Waals surface area contributed by atoms with Crippen LogP contribution in [0.25, 0.3) is 0 Å². The van der Waals surface area contributed by atoms with E-state index in [0.29, 0.717) is 6.04 Å². The first kappa shape index (κ1) is 12.9. The van der Waals surface area contributed by atoms with Crippen LogP contribution in [0.2, 0.25) is 0 Å². The minimum atomic E-state index is 0.433. The second kappa shape index (κ2) is 5.89. The van der Waals surface area contributed by atoms with Crippen molar-refractivity contribution in [2.75, 3.05) is 39.3 Å². The highest BCUT2D eigenvalue weighted by atomic mass is 15.3. The maximum atomic E-state index is 6.38. The van der Waals surface area contributed by atoms with Crippen molar-refractivity contribution in [1.29, 1.82) is 0 Å². The van der Waals surface area contributed by atoms with Crippen molar-refractivity contribution in [3.05, 3.63) is 0 Å². The lowest BCUT2D eigenvalue weighted by atomic mass is 9.98. The smallest absolute Gasteiger partial charge is 0.0196 e. The van der Waals surface area contributed by atoms with Crippen molar-refractivity contribution in [2.45, 2.75) is 44.6 Å². The SMILES string of the molecule is NC(CN1CCN(CC2CC2)CC1)C1CCCC1. The quantitative estimate of drug-likeness (QED) is 0.804. The molecule has 0 radical (unpaired) electrons. The van der Waals surface area contributed by atoms with Gasteiger partial charge in [-0.25, -0.2) is 0 Å². The molecule has 1 unspecified atom stereocenters. The predicted octanol–water partition coefficient (Wildman–Crippen LogP) is 1.53. The monoisotopic (exact) mass is 251 g/mol. The summed E-state index contributed by atoms with van der Waals surface area (Å²) in [7, 11) is 0. The molecule has 18 heavy (non-hydrogen) atoms. The molecule has 2 N–H and O–H groups in total. The second-order valence-electron chi connectivity index (χ2n) is 6.75. The summed E-state index contributed by atoms with van der Waals surface area (Å²) in [6.45, 7) is 7.53. The average molecular weight is 251 g/mol. The van der Waals surface area contributed by atoms with Gasteiger partial charge in [0.1, 0.15) is 0 Å². The number of nitrogens with zero attached hydrogens (tertiary/aromatic N) is 2. The summed E-state index contributed by atoms with van der Waals surface area (Å²) >= 11 is 0. The molecule has 3 fully saturated rings. The van der Waals surface area contributed by atoms with Gasteiger partial charge < -0.3 is 10.6 Å². The van der Waals surface area contributed by atoms with Gasteiger partial charge in [-0.1, -0.05) is 12.8 Å². The molecule has 0 amide bonds. The number of hydrogen-bond acceptors (Lipinski definition) is 3. The summed E-state index contributed by atoms with van der Waals surface area (Å²) < 4.78 is 0. The molecule has 1 aliphatic heterocycles. The van der Waals surface area contributed by atoms with Crippen LogP contribution in [0.4, 0.5) is 0 Å². The van der Waals surface area contributed by atoms with E-state index in [-0.39, 0.29) is 0 Å². The molecule has 104 valence electrons. The van der Waals surface area contributed by atoms with Crippen LogP contribution in [0.5, 0.6) is 0 Å². The third-order valence-electron chi connectivity index (χ3n) is 5.15. The Labute approximate surface area is 112 Å². The number of piperazine rings is 1. The van der Waals surface area contributed by atoms with E-state index < -0.39 is 0 Å². The Morgan fingerprint density at radius 1 is 0.889 bits per heavy atom. The van der Waals surface area contributed by atoms with E-state index in [1.54, 1.807) is 0 Å². The van der Waals surface area contributed by atoms with Gasteiger partial charge >= 0.3 is 0 Å². The first-order chi connectivity index (χ1) is 8.81. The van der Waals surface area contributed by atoms with Crippen molar-refractivity contribution in [1.82, 2.24) is 9.80 Å². The van der Waals surface area contributed by atoms with E-state index in [1.165, 1.54) is 71.2 Å². The van der Waals surface area contributed by atoms with Gasteiger partial charge in [0.2, 0.25) is 0 Å². The predicted molar refractivity (Wildman–Crippen MR) is 75.5 cm³/mol. The van der Waals surface area contributed by atoms with E-state index >= 15 is 0 Å². The van der Waals surface area contributed by atoms with Crippen LogP contribution in [-0.4, -0.2) is 55.1 Å². The summed E-state index contributed by atoms with van der Waals surface area (Å²) in [6, 6.07) is 0.433. The van der Waals surface area contributed by atoms with Crippen LogP contribution in [0, 0.1) is 11.8 Å². The van der Waals surface area contributed by atoms with Gasteiger partial charge in [-0.05, 0) is 37.5 Å². The first-order valence-corrected chi connectivity index (χ1v) is 8.01. The Morgan fingerprint density at radius 3 is 2.11 bits per heavy atom. The van der Waals surface area contributed by atoms with Crippen molar-refractivity contribution in [3.63, 3.8) is 0 Å². The third-order valence-corrected chi connectivity index (χ3v) is 5.15. The fourth-order valence-electron chi connectivity index (χ4n) is 3.65. The molecule has 0 aromatic heterocycles. The minimum Gasteiger partial charge on any atom is -0.326 e. The Hall–Kier alpha value is -0.120. The average Bonchev–Trinajstić information content (AvgIpc) is 3.02. The molecule has 1 atom stereocenters. The van der Waals surface area contributed by atoms with E-state index in [4.69, 9.17) is 5.73 Å². The van der Waals surface area contributed by atoms with Gasteiger partial charge in [-0.2, -0.15) is 0 Å². The van der Waals surface area contributed by atoms with Crippen molar-refractivity contribution in [2.24, 2.45) is 17.6 Å². The van der Waals surface area contributed by atoms with Crippen LogP contribution in [0.3, 0.4) is 0 Å². The molecule has 3 nitrogen and oxygen atoms in total.